The molecular weight excluding hydrogens is 244 g/mol. The lowest BCUT2D eigenvalue weighted by Gasteiger charge is -2.28. The van der Waals surface area contributed by atoms with Crippen molar-refractivity contribution in [2.75, 3.05) is 40.0 Å². The van der Waals surface area contributed by atoms with Crippen LogP contribution in [0.1, 0.15) is 33.6 Å². The Morgan fingerprint density at radius 2 is 2.05 bits per heavy atom. The van der Waals surface area contributed by atoms with Crippen molar-refractivity contribution in [1.82, 2.24) is 10.2 Å². The molecule has 0 aromatic heterocycles. The monoisotopic (exact) mass is 272 g/mol. The van der Waals surface area contributed by atoms with Crippen LogP contribution in [0.3, 0.4) is 0 Å². The van der Waals surface area contributed by atoms with Crippen molar-refractivity contribution >= 4 is 5.91 Å². The minimum atomic E-state index is -0.124. The largest absolute Gasteiger partial charge is 0.379 e. The van der Waals surface area contributed by atoms with Gasteiger partial charge in [-0.25, -0.2) is 0 Å². The van der Waals surface area contributed by atoms with Crippen LogP contribution >= 0.6 is 0 Å². The van der Waals surface area contributed by atoms with Crippen molar-refractivity contribution in [2.24, 2.45) is 0 Å². The van der Waals surface area contributed by atoms with E-state index in [-0.39, 0.29) is 11.5 Å². The first-order valence-corrected chi connectivity index (χ1v) is 7.08. The zero-order chi connectivity index (χ0) is 14.3. The van der Waals surface area contributed by atoms with Crippen LogP contribution in [0.2, 0.25) is 0 Å². The Hall–Kier alpha value is -0.650. The molecule has 1 heterocycles. The molecule has 0 aliphatic carbocycles. The van der Waals surface area contributed by atoms with E-state index < -0.39 is 0 Å². The molecule has 0 aromatic carbocycles. The van der Waals surface area contributed by atoms with E-state index in [1.165, 1.54) is 0 Å². The van der Waals surface area contributed by atoms with Gasteiger partial charge in [-0.3, -0.25) is 4.79 Å². The summed E-state index contributed by atoms with van der Waals surface area (Å²) < 4.78 is 10.6. The van der Waals surface area contributed by atoms with E-state index in [0.29, 0.717) is 25.7 Å². The Morgan fingerprint density at radius 3 is 2.63 bits per heavy atom. The fourth-order valence-electron chi connectivity index (χ4n) is 2.29. The van der Waals surface area contributed by atoms with Gasteiger partial charge in [-0.2, -0.15) is 0 Å². The van der Waals surface area contributed by atoms with Crippen LogP contribution in [-0.4, -0.2) is 62.4 Å². The molecule has 0 bridgehead atoms. The highest BCUT2D eigenvalue weighted by Crippen LogP contribution is 2.15. The summed E-state index contributed by atoms with van der Waals surface area (Å²) in [6.45, 7) is 9.77. The molecule has 0 aromatic rings. The van der Waals surface area contributed by atoms with Crippen LogP contribution < -0.4 is 5.32 Å². The Morgan fingerprint density at radius 1 is 1.42 bits per heavy atom. The average molecular weight is 272 g/mol. The van der Waals surface area contributed by atoms with Gasteiger partial charge in [0.15, 0.2) is 0 Å². The molecule has 19 heavy (non-hydrogen) atoms. The quantitative estimate of drug-likeness (QED) is 0.752. The first kappa shape index (κ1) is 16.4. The third-order valence-corrected chi connectivity index (χ3v) is 3.55. The molecule has 112 valence electrons. The van der Waals surface area contributed by atoms with E-state index in [9.17, 15) is 4.79 Å². The third-order valence-electron chi connectivity index (χ3n) is 3.55. The van der Waals surface area contributed by atoms with Gasteiger partial charge in [0.05, 0.1) is 18.8 Å². The van der Waals surface area contributed by atoms with Crippen LogP contribution in [0, 0.1) is 0 Å². The fourth-order valence-corrected chi connectivity index (χ4v) is 2.29. The van der Waals surface area contributed by atoms with E-state index >= 15 is 0 Å². The Balaban J connectivity index is 2.17. The van der Waals surface area contributed by atoms with Crippen LogP contribution in [-0.2, 0) is 14.3 Å². The minimum absolute atomic E-state index is 0.124. The summed E-state index contributed by atoms with van der Waals surface area (Å²) >= 11 is 0. The highest BCUT2D eigenvalue weighted by molar-refractivity contribution is 5.76. The van der Waals surface area contributed by atoms with Gasteiger partial charge in [-0.1, -0.05) is 0 Å². The van der Waals surface area contributed by atoms with Crippen molar-refractivity contribution in [1.29, 1.82) is 0 Å². The zero-order valence-electron chi connectivity index (χ0n) is 12.7. The molecule has 5 heteroatoms. The molecule has 0 radical (unpaired) electrons. The first-order valence-electron chi connectivity index (χ1n) is 7.08. The lowest BCUT2D eigenvalue weighted by atomic mass is 10.00. The number of carbonyl (C=O) groups is 1. The fraction of sp³-hybridized carbons (Fsp3) is 0.929. The van der Waals surface area contributed by atoms with Crippen molar-refractivity contribution in [3.8, 4) is 0 Å². The van der Waals surface area contributed by atoms with Crippen molar-refractivity contribution in [3.05, 3.63) is 0 Å². The average Bonchev–Trinajstić information content (AvgIpc) is 2.39. The van der Waals surface area contributed by atoms with Crippen molar-refractivity contribution < 1.29 is 14.3 Å². The molecule has 0 spiro atoms. The number of carbonyl (C=O) groups excluding carboxylic acids is 1. The Labute approximate surface area is 116 Å². The van der Waals surface area contributed by atoms with Crippen molar-refractivity contribution in [2.45, 2.75) is 45.3 Å². The molecule has 5 nitrogen and oxygen atoms in total. The molecule has 1 atom stereocenters. The molecule has 1 N–H and O–H groups in total. The molecule has 1 unspecified atom stereocenters. The van der Waals surface area contributed by atoms with E-state index in [1.54, 1.807) is 7.11 Å². The smallest absolute Gasteiger partial charge is 0.224 e. The second-order valence-electron chi connectivity index (χ2n) is 5.77. The summed E-state index contributed by atoms with van der Waals surface area (Å²) in [4.78, 5) is 13.8. The summed E-state index contributed by atoms with van der Waals surface area (Å²) in [5.41, 5.74) is -0.124. The lowest BCUT2D eigenvalue weighted by molar-refractivity contribution is -0.135. The number of ether oxygens (including phenoxy) is 2. The Bertz CT molecular complexity index is 276. The van der Waals surface area contributed by atoms with E-state index in [2.05, 4.69) is 26.1 Å². The minimum Gasteiger partial charge on any atom is -0.379 e. The number of hydrogen-bond donors (Lipinski definition) is 1. The molecule has 1 aliphatic rings. The molecule has 1 amide bonds. The molecule has 1 rings (SSSR count). The van der Waals surface area contributed by atoms with E-state index in [1.807, 2.05) is 4.90 Å². The molecule has 1 aliphatic heterocycles. The predicted octanol–water partition coefficient (Wildman–Crippen LogP) is 1.03. The zero-order valence-corrected chi connectivity index (χ0v) is 12.7. The highest BCUT2D eigenvalue weighted by Gasteiger charge is 2.20. The summed E-state index contributed by atoms with van der Waals surface area (Å²) in [7, 11) is 1.73. The normalized spacial score (nSPS) is 18.4. The SMILES string of the molecule is COC(C)(C)CC(C)NCCC(=O)N1CCOCC1. The second-order valence-corrected chi connectivity index (χ2v) is 5.77. The van der Waals surface area contributed by atoms with Crippen LogP contribution in [0.4, 0.5) is 0 Å². The van der Waals surface area contributed by atoms with Gasteiger partial charge in [0.2, 0.25) is 5.91 Å². The molecule has 1 saturated heterocycles. The maximum atomic E-state index is 11.9. The second kappa shape index (κ2) is 7.82. The number of nitrogens with zero attached hydrogens (tertiary/aromatic N) is 1. The number of amides is 1. The summed E-state index contributed by atoms with van der Waals surface area (Å²) in [5.74, 6) is 0.217. The predicted molar refractivity (Wildman–Crippen MR) is 75.2 cm³/mol. The lowest BCUT2D eigenvalue weighted by Crippen LogP contribution is -2.42. The highest BCUT2D eigenvalue weighted by atomic mass is 16.5. The van der Waals surface area contributed by atoms with E-state index in [4.69, 9.17) is 9.47 Å². The third kappa shape index (κ3) is 6.36. The van der Waals surface area contributed by atoms with Gasteiger partial charge in [-0.05, 0) is 27.2 Å². The summed E-state index contributed by atoms with van der Waals surface area (Å²) in [6.07, 6.45) is 1.48. The van der Waals surface area contributed by atoms with Gasteiger partial charge in [-0.15, -0.1) is 0 Å². The molecular formula is C14H28N2O3. The van der Waals surface area contributed by atoms with Crippen LogP contribution in [0.5, 0.6) is 0 Å². The van der Waals surface area contributed by atoms with E-state index in [0.717, 1.165) is 26.1 Å². The Kier molecular flexibility index (Phi) is 6.75. The molecule has 0 saturated carbocycles. The summed E-state index contributed by atoms with van der Waals surface area (Å²) in [6, 6.07) is 0.340. The maximum absolute atomic E-state index is 11.9. The number of morpholine rings is 1. The van der Waals surface area contributed by atoms with Gasteiger partial charge in [0, 0.05) is 39.2 Å². The van der Waals surface area contributed by atoms with Gasteiger partial charge >= 0.3 is 0 Å². The molecule has 1 fully saturated rings. The standard InChI is InChI=1S/C14H28N2O3/c1-12(11-14(2,3)18-4)15-6-5-13(17)16-7-9-19-10-8-16/h12,15H,5-11H2,1-4H3. The van der Waals surface area contributed by atoms with Crippen LogP contribution in [0.15, 0.2) is 0 Å². The van der Waals surface area contributed by atoms with Gasteiger partial charge in [0.1, 0.15) is 0 Å². The van der Waals surface area contributed by atoms with Gasteiger partial charge in [0.25, 0.3) is 0 Å². The summed E-state index contributed by atoms with van der Waals surface area (Å²) in [5, 5.41) is 3.38. The number of rotatable bonds is 7. The number of hydrogen-bond acceptors (Lipinski definition) is 4. The topological polar surface area (TPSA) is 50.8 Å². The van der Waals surface area contributed by atoms with Crippen molar-refractivity contribution in [3.63, 3.8) is 0 Å². The number of methoxy groups -OCH3 is 1. The van der Waals surface area contributed by atoms with Gasteiger partial charge < -0.3 is 19.7 Å². The van der Waals surface area contributed by atoms with Crippen LogP contribution in [0.25, 0.3) is 0 Å². The maximum Gasteiger partial charge on any atom is 0.224 e. The number of nitrogens with one attached hydrogen (secondary N) is 1. The first-order chi connectivity index (χ1) is 8.94.